The van der Waals surface area contributed by atoms with Gasteiger partial charge in [-0.1, -0.05) is 26.0 Å². The van der Waals surface area contributed by atoms with Gasteiger partial charge in [-0.05, 0) is 41.5 Å². The third kappa shape index (κ3) is 7.08. The second-order valence-electron chi connectivity index (χ2n) is 5.20. The molecule has 0 bridgehead atoms. The van der Waals surface area contributed by atoms with Crippen LogP contribution in [-0.2, 0) is 14.3 Å². The third-order valence-corrected chi connectivity index (χ3v) is 3.70. The minimum atomic E-state index is -4.34. The maximum Gasteiger partial charge on any atom is 0.446 e. The van der Waals surface area contributed by atoms with Gasteiger partial charge in [0.1, 0.15) is 6.04 Å². The standard InChI is InChI=1S/C16H18F3NO3S/c1-10(2)14(15(22)23-3)20-13(21)9-6-11-4-7-12(8-5-11)24-16(17,18)19/h4-10,14H,1-3H3,(H,20,21)/b9-6+/t14-/m0/s1. The van der Waals surface area contributed by atoms with E-state index in [1.54, 1.807) is 13.8 Å². The normalized spacial score (nSPS) is 13.1. The summed E-state index contributed by atoms with van der Waals surface area (Å²) < 4.78 is 41.3. The Bertz CT molecular complexity index is 598. The molecule has 0 aliphatic carbocycles. The maximum atomic E-state index is 12.2. The van der Waals surface area contributed by atoms with Crippen LogP contribution in [0.15, 0.2) is 35.2 Å². The maximum absolute atomic E-state index is 12.2. The molecule has 24 heavy (non-hydrogen) atoms. The van der Waals surface area contributed by atoms with Gasteiger partial charge in [-0.2, -0.15) is 13.2 Å². The van der Waals surface area contributed by atoms with E-state index < -0.39 is 23.4 Å². The molecular formula is C16H18F3NO3S. The van der Waals surface area contributed by atoms with Crippen LogP contribution >= 0.6 is 11.8 Å². The summed E-state index contributed by atoms with van der Waals surface area (Å²) in [7, 11) is 1.24. The van der Waals surface area contributed by atoms with Gasteiger partial charge < -0.3 is 10.1 Å². The van der Waals surface area contributed by atoms with E-state index >= 15 is 0 Å². The van der Waals surface area contributed by atoms with Crippen LogP contribution in [-0.4, -0.2) is 30.5 Å². The number of methoxy groups -OCH3 is 1. The van der Waals surface area contributed by atoms with Gasteiger partial charge in [0.25, 0.3) is 0 Å². The van der Waals surface area contributed by atoms with Crippen molar-refractivity contribution >= 4 is 29.7 Å². The number of carbonyl (C=O) groups is 2. The Kier molecular flexibility index (Phi) is 7.34. The lowest BCUT2D eigenvalue weighted by Crippen LogP contribution is -2.44. The van der Waals surface area contributed by atoms with Crippen LogP contribution < -0.4 is 5.32 Å². The van der Waals surface area contributed by atoms with Crippen molar-refractivity contribution in [1.82, 2.24) is 5.32 Å². The molecule has 4 nitrogen and oxygen atoms in total. The minimum absolute atomic E-state index is 0.0645. The number of rotatable bonds is 6. The number of alkyl halides is 3. The van der Waals surface area contributed by atoms with Crippen molar-refractivity contribution in [2.24, 2.45) is 5.92 Å². The Morgan fingerprint density at radius 1 is 1.21 bits per heavy atom. The smallest absolute Gasteiger partial charge is 0.446 e. The second-order valence-corrected chi connectivity index (χ2v) is 6.34. The summed E-state index contributed by atoms with van der Waals surface area (Å²) in [5, 5.41) is 2.53. The molecule has 0 heterocycles. The Morgan fingerprint density at radius 3 is 2.25 bits per heavy atom. The zero-order chi connectivity index (χ0) is 18.3. The predicted octanol–water partition coefficient (Wildman–Crippen LogP) is 3.63. The first-order valence-corrected chi connectivity index (χ1v) is 7.86. The SMILES string of the molecule is COC(=O)[C@@H](NC(=O)/C=C/c1ccc(SC(F)(F)F)cc1)C(C)C. The van der Waals surface area contributed by atoms with Crippen molar-refractivity contribution in [1.29, 1.82) is 0 Å². The fraction of sp³-hybridized carbons (Fsp3) is 0.375. The lowest BCUT2D eigenvalue weighted by atomic mass is 10.0. The van der Waals surface area contributed by atoms with Crippen molar-refractivity contribution in [2.45, 2.75) is 30.3 Å². The van der Waals surface area contributed by atoms with Crippen LogP contribution in [0.25, 0.3) is 6.08 Å². The van der Waals surface area contributed by atoms with E-state index in [9.17, 15) is 22.8 Å². The Morgan fingerprint density at radius 2 is 1.79 bits per heavy atom. The number of nitrogens with one attached hydrogen (secondary N) is 1. The van der Waals surface area contributed by atoms with Crippen LogP contribution in [0.2, 0.25) is 0 Å². The molecule has 0 aliphatic heterocycles. The number of carbonyl (C=O) groups excluding carboxylic acids is 2. The summed E-state index contributed by atoms with van der Waals surface area (Å²) >= 11 is -0.204. The quantitative estimate of drug-likeness (QED) is 0.478. The van der Waals surface area contributed by atoms with Gasteiger partial charge in [-0.3, -0.25) is 4.79 Å². The predicted molar refractivity (Wildman–Crippen MR) is 86.2 cm³/mol. The van der Waals surface area contributed by atoms with E-state index in [2.05, 4.69) is 10.1 Å². The Labute approximate surface area is 142 Å². The lowest BCUT2D eigenvalue weighted by Gasteiger charge is -2.18. The van der Waals surface area contributed by atoms with Crippen LogP contribution in [0.5, 0.6) is 0 Å². The summed E-state index contributed by atoms with van der Waals surface area (Å²) in [5.41, 5.74) is -3.77. The molecule has 8 heteroatoms. The Balaban J connectivity index is 2.68. The lowest BCUT2D eigenvalue weighted by molar-refractivity contribution is -0.145. The number of esters is 1. The van der Waals surface area contributed by atoms with E-state index in [0.717, 1.165) is 0 Å². The number of thioether (sulfide) groups is 1. The zero-order valence-corrected chi connectivity index (χ0v) is 14.2. The van der Waals surface area contributed by atoms with Crippen LogP contribution in [0.3, 0.4) is 0 Å². The number of halogens is 3. The summed E-state index contributed by atoms with van der Waals surface area (Å²) in [6.07, 6.45) is 2.66. The highest BCUT2D eigenvalue weighted by Gasteiger charge is 2.29. The van der Waals surface area contributed by atoms with Gasteiger partial charge in [0.2, 0.25) is 5.91 Å². The average molecular weight is 361 g/mol. The fourth-order valence-corrected chi connectivity index (χ4v) is 2.32. The van der Waals surface area contributed by atoms with Crippen LogP contribution in [0, 0.1) is 5.92 Å². The molecule has 0 aliphatic rings. The molecule has 1 aromatic carbocycles. The van der Waals surface area contributed by atoms with E-state index in [0.29, 0.717) is 5.56 Å². The summed E-state index contributed by atoms with van der Waals surface area (Å²) in [5.74, 6) is -1.18. The van der Waals surface area contributed by atoms with Crippen molar-refractivity contribution < 1.29 is 27.5 Å². The first kappa shape index (κ1) is 20.1. The molecule has 0 fully saturated rings. The topological polar surface area (TPSA) is 55.4 Å². The molecule has 0 saturated carbocycles. The van der Waals surface area contributed by atoms with Gasteiger partial charge >= 0.3 is 11.5 Å². The minimum Gasteiger partial charge on any atom is -0.467 e. The van der Waals surface area contributed by atoms with E-state index in [1.165, 1.54) is 43.5 Å². The number of benzene rings is 1. The summed E-state index contributed by atoms with van der Waals surface area (Å²) in [6.45, 7) is 3.53. The number of hydrogen-bond acceptors (Lipinski definition) is 4. The summed E-state index contributed by atoms with van der Waals surface area (Å²) in [4.78, 5) is 23.5. The molecule has 1 aromatic rings. The first-order valence-electron chi connectivity index (χ1n) is 7.04. The molecule has 0 saturated heterocycles. The van der Waals surface area contributed by atoms with Crippen molar-refractivity contribution in [2.75, 3.05) is 7.11 Å². The Hall–Kier alpha value is -1.96. The third-order valence-electron chi connectivity index (χ3n) is 2.96. The molecular weight excluding hydrogens is 343 g/mol. The molecule has 0 aromatic heterocycles. The number of hydrogen-bond donors (Lipinski definition) is 1. The van der Waals surface area contributed by atoms with E-state index in [-0.39, 0.29) is 22.6 Å². The van der Waals surface area contributed by atoms with Gasteiger partial charge in [-0.15, -0.1) is 0 Å². The molecule has 132 valence electrons. The number of ether oxygens (including phenoxy) is 1. The van der Waals surface area contributed by atoms with E-state index in [1.807, 2.05) is 0 Å². The largest absolute Gasteiger partial charge is 0.467 e. The van der Waals surface area contributed by atoms with Crippen molar-refractivity contribution in [3.63, 3.8) is 0 Å². The fourth-order valence-electron chi connectivity index (χ4n) is 1.78. The van der Waals surface area contributed by atoms with Gasteiger partial charge in [0.05, 0.1) is 7.11 Å². The molecule has 0 spiro atoms. The highest BCUT2D eigenvalue weighted by Crippen LogP contribution is 2.36. The second kappa shape index (κ2) is 8.77. The van der Waals surface area contributed by atoms with Crippen LogP contribution in [0.4, 0.5) is 13.2 Å². The molecule has 1 atom stereocenters. The number of amides is 1. The van der Waals surface area contributed by atoms with Crippen LogP contribution in [0.1, 0.15) is 19.4 Å². The highest BCUT2D eigenvalue weighted by atomic mass is 32.2. The molecule has 1 rings (SSSR count). The monoisotopic (exact) mass is 361 g/mol. The van der Waals surface area contributed by atoms with Crippen molar-refractivity contribution in [3.8, 4) is 0 Å². The van der Waals surface area contributed by atoms with E-state index in [4.69, 9.17) is 0 Å². The average Bonchev–Trinajstić information content (AvgIpc) is 2.49. The molecule has 0 unspecified atom stereocenters. The molecule has 1 N–H and O–H groups in total. The molecule has 0 radical (unpaired) electrons. The van der Waals surface area contributed by atoms with Gasteiger partial charge in [-0.25, -0.2) is 4.79 Å². The highest BCUT2D eigenvalue weighted by molar-refractivity contribution is 8.00. The van der Waals surface area contributed by atoms with Crippen molar-refractivity contribution in [3.05, 3.63) is 35.9 Å². The van der Waals surface area contributed by atoms with Gasteiger partial charge in [0, 0.05) is 11.0 Å². The first-order chi connectivity index (χ1) is 11.1. The van der Waals surface area contributed by atoms with Gasteiger partial charge in [0.15, 0.2) is 0 Å². The molecule has 1 amide bonds. The summed E-state index contributed by atoms with van der Waals surface area (Å²) in [6, 6.07) is 4.82. The zero-order valence-electron chi connectivity index (χ0n) is 13.4.